The topological polar surface area (TPSA) is 127 Å². The monoisotopic (exact) mass is 341 g/mol. The van der Waals surface area contributed by atoms with Crippen molar-refractivity contribution in [3.8, 4) is 0 Å². The summed E-state index contributed by atoms with van der Waals surface area (Å²) in [6.07, 6.45) is 1.47. The van der Waals surface area contributed by atoms with Gasteiger partial charge < -0.3 is 5.32 Å². The molecule has 0 aliphatic rings. The number of non-ortho nitro benzene ring substituents is 1. The molecule has 0 atom stereocenters. The van der Waals surface area contributed by atoms with Gasteiger partial charge in [-0.3, -0.25) is 24.7 Å². The van der Waals surface area contributed by atoms with Crippen molar-refractivity contribution in [3.05, 3.63) is 70.0 Å². The summed E-state index contributed by atoms with van der Waals surface area (Å²) in [5.41, 5.74) is 3.32. The van der Waals surface area contributed by atoms with Crippen LogP contribution in [0.5, 0.6) is 0 Å². The molecule has 0 radical (unpaired) electrons. The molecule has 128 valence electrons. The van der Waals surface area contributed by atoms with E-state index >= 15 is 0 Å². The van der Waals surface area contributed by atoms with Crippen molar-refractivity contribution in [2.45, 2.75) is 6.92 Å². The van der Waals surface area contributed by atoms with Crippen LogP contribution in [0.1, 0.15) is 23.0 Å². The summed E-state index contributed by atoms with van der Waals surface area (Å²) in [5.74, 6) is -1.01. The molecule has 2 rings (SSSR count). The Kier molecular flexibility index (Phi) is 5.88. The van der Waals surface area contributed by atoms with Crippen LogP contribution in [0.2, 0.25) is 0 Å². The maximum atomic E-state index is 11.8. The van der Waals surface area contributed by atoms with E-state index in [1.807, 2.05) is 0 Å². The number of pyridine rings is 1. The SMILES string of the molecule is C/C(=N\NC(=O)CNC(=O)c1ccccn1)c1cccc([N+](=O)[O-])c1. The first-order valence-corrected chi connectivity index (χ1v) is 7.24. The van der Waals surface area contributed by atoms with E-state index in [2.05, 4.69) is 20.8 Å². The van der Waals surface area contributed by atoms with E-state index < -0.39 is 16.7 Å². The van der Waals surface area contributed by atoms with Gasteiger partial charge in [0, 0.05) is 23.9 Å². The van der Waals surface area contributed by atoms with Gasteiger partial charge in [0.1, 0.15) is 5.69 Å². The normalized spacial score (nSPS) is 10.8. The third kappa shape index (κ3) is 5.20. The fraction of sp³-hybridized carbons (Fsp3) is 0.125. The number of carbonyl (C=O) groups is 2. The zero-order valence-corrected chi connectivity index (χ0v) is 13.3. The van der Waals surface area contributed by atoms with Crippen molar-refractivity contribution < 1.29 is 14.5 Å². The number of nitrogens with one attached hydrogen (secondary N) is 2. The summed E-state index contributed by atoms with van der Waals surface area (Å²) in [6.45, 7) is 1.33. The Labute approximate surface area is 142 Å². The maximum Gasteiger partial charge on any atom is 0.270 e. The molecule has 0 saturated heterocycles. The smallest absolute Gasteiger partial charge is 0.270 e. The number of nitrogens with zero attached hydrogens (tertiary/aromatic N) is 3. The number of benzene rings is 1. The summed E-state index contributed by atoms with van der Waals surface area (Å²) in [7, 11) is 0. The van der Waals surface area contributed by atoms with Crippen LogP contribution >= 0.6 is 0 Å². The van der Waals surface area contributed by atoms with Crippen LogP contribution in [-0.4, -0.2) is 34.0 Å². The van der Waals surface area contributed by atoms with Gasteiger partial charge in [0.15, 0.2) is 0 Å². The Balaban J connectivity index is 1.90. The number of hydrogen-bond acceptors (Lipinski definition) is 6. The van der Waals surface area contributed by atoms with Crippen LogP contribution in [0.15, 0.2) is 53.8 Å². The standard InChI is InChI=1S/C16H15N5O4/c1-11(12-5-4-6-13(9-12)21(24)25)19-20-15(22)10-18-16(23)14-7-2-3-8-17-14/h2-9H,10H2,1H3,(H,18,23)(H,20,22)/b19-11+. The highest BCUT2D eigenvalue weighted by Gasteiger charge is 2.09. The molecule has 25 heavy (non-hydrogen) atoms. The fourth-order valence-electron chi connectivity index (χ4n) is 1.84. The largest absolute Gasteiger partial charge is 0.342 e. The summed E-state index contributed by atoms with van der Waals surface area (Å²) in [6, 6.07) is 10.8. The van der Waals surface area contributed by atoms with Gasteiger partial charge in [0.2, 0.25) is 0 Å². The van der Waals surface area contributed by atoms with Gasteiger partial charge in [-0.25, -0.2) is 5.43 Å². The molecule has 0 bridgehead atoms. The third-order valence-corrected chi connectivity index (χ3v) is 3.13. The molecule has 1 heterocycles. The van der Waals surface area contributed by atoms with Crippen LogP contribution in [0.4, 0.5) is 5.69 Å². The second-order valence-electron chi connectivity index (χ2n) is 4.94. The summed E-state index contributed by atoms with van der Waals surface area (Å²) >= 11 is 0. The highest BCUT2D eigenvalue weighted by atomic mass is 16.6. The number of carbonyl (C=O) groups excluding carboxylic acids is 2. The first-order chi connectivity index (χ1) is 12.0. The molecule has 2 N–H and O–H groups in total. The Morgan fingerprint density at radius 1 is 1.24 bits per heavy atom. The van der Waals surface area contributed by atoms with Crippen molar-refractivity contribution in [2.24, 2.45) is 5.10 Å². The molecule has 0 aliphatic carbocycles. The number of amides is 2. The van der Waals surface area contributed by atoms with Crippen molar-refractivity contribution in [1.29, 1.82) is 0 Å². The first-order valence-electron chi connectivity index (χ1n) is 7.24. The van der Waals surface area contributed by atoms with Gasteiger partial charge >= 0.3 is 0 Å². The molecule has 0 fully saturated rings. The Morgan fingerprint density at radius 2 is 2.04 bits per heavy atom. The predicted molar refractivity (Wildman–Crippen MR) is 90.0 cm³/mol. The molecule has 0 unspecified atom stereocenters. The third-order valence-electron chi connectivity index (χ3n) is 3.13. The van der Waals surface area contributed by atoms with Gasteiger partial charge in [0.05, 0.1) is 17.2 Å². The van der Waals surface area contributed by atoms with E-state index in [1.165, 1.54) is 30.5 Å². The molecule has 1 aromatic heterocycles. The van der Waals surface area contributed by atoms with E-state index in [4.69, 9.17) is 0 Å². The zero-order valence-electron chi connectivity index (χ0n) is 13.3. The summed E-state index contributed by atoms with van der Waals surface area (Å²) in [5, 5.41) is 17.0. The minimum Gasteiger partial charge on any atom is -0.342 e. The van der Waals surface area contributed by atoms with Gasteiger partial charge in [-0.15, -0.1) is 0 Å². The van der Waals surface area contributed by atoms with E-state index in [0.29, 0.717) is 11.3 Å². The van der Waals surface area contributed by atoms with Crippen LogP contribution in [0.3, 0.4) is 0 Å². The Hall–Kier alpha value is -3.62. The molecule has 9 nitrogen and oxygen atoms in total. The predicted octanol–water partition coefficient (Wildman–Crippen LogP) is 1.26. The fourth-order valence-corrected chi connectivity index (χ4v) is 1.84. The van der Waals surface area contributed by atoms with Crippen molar-refractivity contribution in [3.63, 3.8) is 0 Å². The second kappa shape index (κ2) is 8.29. The lowest BCUT2D eigenvalue weighted by molar-refractivity contribution is -0.384. The average molecular weight is 341 g/mol. The Bertz CT molecular complexity index is 820. The second-order valence-corrected chi connectivity index (χ2v) is 4.94. The van der Waals surface area contributed by atoms with Crippen molar-refractivity contribution in [1.82, 2.24) is 15.7 Å². The average Bonchev–Trinajstić information content (AvgIpc) is 2.64. The quantitative estimate of drug-likeness (QED) is 0.464. The zero-order chi connectivity index (χ0) is 18.2. The van der Waals surface area contributed by atoms with Gasteiger partial charge in [0.25, 0.3) is 17.5 Å². The van der Waals surface area contributed by atoms with Gasteiger partial charge in [-0.2, -0.15) is 5.10 Å². The highest BCUT2D eigenvalue weighted by Crippen LogP contribution is 2.13. The van der Waals surface area contributed by atoms with E-state index in [1.54, 1.807) is 25.1 Å². The molecule has 9 heteroatoms. The van der Waals surface area contributed by atoms with E-state index in [-0.39, 0.29) is 17.9 Å². The van der Waals surface area contributed by atoms with Crippen LogP contribution in [0.25, 0.3) is 0 Å². The molecule has 2 aromatic rings. The summed E-state index contributed by atoms with van der Waals surface area (Å²) in [4.78, 5) is 37.6. The van der Waals surface area contributed by atoms with Crippen LogP contribution in [-0.2, 0) is 4.79 Å². The number of hydrogen-bond donors (Lipinski definition) is 2. The van der Waals surface area contributed by atoms with Gasteiger partial charge in [-0.05, 0) is 19.1 Å². The van der Waals surface area contributed by atoms with Crippen molar-refractivity contribution in [2.75, 3.05) is 6.54 Å². The molecule has 2 amide bonds. The van der Waals surface area contributed by atoms with E-state index in [0.717, 1.165) is 0 Å². The molecule has 0 spiro atoms. The molecule has 0 saturated carbocycles. The minimum absolute atomic E-state index is 0.0685. The van der Waals surface area contributed by atoms with Crippen molar-refractivity contribution >= 4 is 23.2 Å². The first kappa shape index (κ1) is 17.7. The number of rotatable bonds is 6. The van der Waals surface area contributed by atoms with Crippen LogP contribution < -0.4 is 10.7 Å². The minimum atomic E-state index is -0.533. The maximum absolute atomic E-state index is 11.8. The lowest BCUT2D eigenvalue weighted by Crippen LogP contribution is -2.35. The molecule has 1 aromatic carbocycles. The molecular weight excluding hydrogens is 326 g/mol. The number of aromatic nitrogens is 1. The van der Waals surface area contributed by atoms with E-state index in [9.17, 15) is 19.7 Å². The molecular formula is C16H15N5O4. The summed E-state index contributed by atoms with van der Waals surface area (Å²) < 4.78 is 0. The number of hydrazone groups is 1. The van der Waals surface area contributed by atoms with Crippen LogP contribution in [0, 0.1) is 10.1 Å². The lowest BCUT2D eigenvalue weighted by atomic mass is 10.1. The number of nitro benzene ring substituents is 1. The lowest BCUT2D eigenvalue weighted by Gasteiger charge is -2.05. The number of nitro groups is 1. The molecule has 0 aliphatic heterocycles. The Morgan fingerprint density at radius 3 is 2.72 bits per heavy atom. The highest BCUT2D eigenvalue weighted by molar-refractivity contribution is 6.00. The van der Waals surface area contributed by atoms with Gasteiger partial charge in [-0.1, -0.05) is 18.2 Å².